The SMILES string of the molecule is NCCCCNc1ccccc1O. The highest BCUT2D eigenvalue weighted by atomic mass is 16.3. The van der Waals surface area contributed by atoms with E-state index in [4.69, 9.17) is 5.73 Å². The number of unbranched alkanes of at least 4 members (excludes halogenated alkanes) is 1. The molecule has 0 saturated heterocycles. The molecule has 0 bridgehead atoms. The van der Waals surface area contributed by atoms with Gasteiger partial charge in [-0.15, -0.1) is 0 Å². The summed E-state index contributed by atoms with van der Waals surface area (Å²) < 4.78 is 0. The van der Waals surface area contributed by atoms with Crippen LogP contribution in [0.4, 0.5) is 5.69 Å². The molecule has 0 fully saturated rings. The number of phenols is 1. The predicted octanol–water partition coefficient (Wildman–Crippen LogP) is 1.54. The van der Waals surface area contributed by atoms with Gasteiger partial charge in [0.25, 0.3) is 0 Å². The Kier molecular flexibility index (Phi) is 4.12. The number of hydrogen-bond donors (Lipinski definition) is 3. The van der Waals surface area contributed by atoms with E-state index < -0.39 is 0 Å². The molecule has 0 aliphatic rings. The number of hydrogen-bond acceptors (Lipinski definition) is 3. The first-order valence-corrected chi connectivity index (χ1v) is 4.56. The van der Waals surface area contributed by atoms with E-state index in [0.29, 0.717) is 5.75 Å². The van der Waals surface area contributed by atoms with E-state index in [0.717, 1.165) is 31.6 Å². The first-order valence-electron chi connectivity index (χ1n) is 4.56. The molecule has 3 heteroatoms. The number of para-hydroxylation sites is 2. The van der Waals surface area contributed by atoms with Crippen LogP contribution in [0, 0.1) is 0 Å². The van der Waals surface area contributed by atoms with Crippen LogP contribution in [0.25, 0.3) is 0 Å². The Morgan fingerprint density at radius 2 is 2.00 bits per heavy atom. The lowest BCUT2D eigenvalue weighted by molar-refractivity contribution is 0.477. The van der Waals surface area contributed by atoms with E-state index in [9.17, 15) is 5.11 Å². The standard InChI is InChI=1S/C10H16N2O/c11-7-3-4-8-12-9-5-1-2-6-10(9)13/h1-2,5-6,12-13H,3-4,7-8,11H2. The second kappa shape index (κ2) is 5.43. The van der Waals surface area contributed by atoms with Crippen molar-refractivity contribution in [2.24, 2.45) is 5.73 Å². The molecule has 0 aliphatic heterocycles. The van der Waals surface area contributed by atoms with Crippen molar-refractivity contribution < 1.29 is 5.11 Å². The number of benzene rings is 1. The molecule has 0 saturated carbocycles. The average Bonchev–Trinajstić information content (AvgIpc) is 2.15. The Labute approximate surface area is 78.6 Å². The smallest absolute Gasteiger partial charge is 0.138 e. The highest BCUT2D eigenvalue weighted by Crippen LogP contribution is 2.21. The lowest BCUT2D eigenvalue weighted by Crippen LogP contribution is -2.05. The molecule has 0 spiro atoms. The number of rotatable bonds is 5. The average molecular weight is 180 g/mol. The summed E-state index contributed by atoms with van der Waals surface area (Å²) in [6, 6.07) is 7.23. The molecule has 3 nitrogen and oxygen atoms in total. The minimum atomic E-state index is 0.301. The molecular weight excluding hydrogens is 164 g/mol. The molecule has 0 atom stereocenters. The molecule has 0 radical (unpaired) electrons. The quantitative estimate of drug-likeness (QED) is 0.476. The number of anilines is 1. The van der Waals surface area contributed by atoms with Crippen molar-refractivity contribution in [2.75, 3.05) is 18.4 Å². The van der Waals surface area contributed by atoms with E-state index in [1.54, 1.807) is 12.1 Å². The first-order chi connectivity index (χ1) is 6.34. The zero-order valence-corrected chi connectivity index (χ0v) is 7.66. The minimum Gasteiger partial charge on any atom is -0.506 e. The number of phenolic OH excluding ortho intramolecular Hbond substituents is 1. The van der Waals surface area contributed by atoms with Crippen molar-refractivity contribution in [1.82, 2.24) is 0 Å². The molecule has 72 valence electrons. The van der Waals surface area contributed by atoms with Crippen LogP contribution in [0.1, 0.15) is 12.8 Å². The summed E-state index contributed by atoms with van der Waals surface area (Å²) in [6.45, 7) is 1.58. The zero-order chi connectivity index (χ0) is 9.52. The van der Waals surface area contributed by atoms with Gasteiger partial charge in [0, 0.05) is 6.54 Å². The summed E-state index contributed by atoms with van der Waals surface area (Å²) in [4.78, 5) is 0. The summed E-state index contributed by atoms with van der Waals surface area (Å²) in [5.41, 5.74) is 6.15. The maximum atomic E-state index is 9.38. The topological polar surface area (TPSA) is 58.3 Å². The van der Waals surface area contributed by atoms with E-state index in [1.165, 1.54) is 0 Å². The fourth-order valence-electron chi connectivity index (χ4n) is 1.12. The van der Waals surface area contributed by atoms with Gasteiger partial charge < -0.3 is 16.2 Å². The fourth-order valence-corrected chi connectivity index (χ4v) is 1.12. The van der Waals surface area contributed by atoms with Gasteiger partial charge in [0.2, 0.25) is 0 Å². The molecule has 0 aromatic heterocycles. The van der Waals surface area contributed by atoms with Gasteiger partial charge >= 0.3 is 0 Å². The summed E-state index contributed by atoms with van der Waals surface area (Å²) in [5, 5.41) is 12.5. The lowest BCUT2D eigenvalue weighted by atomic mass is 10.2. The van der Waals surface area contributed by atoms with Crippen LogP contribution in [0.2, 0.25) is 0 Å². The Hall–Kier alpha value is -1.22. The van der Waals surface area contributed by atoms with E-state index in [2.05, 4.69) is 5.32 Å². The van der Waals surface area contributed by atoms with Crippen molar-refractivity contribution in [3.8, 4) is 5.75 Å². The second-order valence-corrected chi connectivity index (χ2v) is 2.94. The van der Waals surface area contributed by atoms with E-state index >= 15 is 0 Å². The van der Waals surface area contributed by atoms with Crippen molar-refractivity contribution >= 4 is 5.69 Å². The Morgan fingerprint density at radius 3 is 2.69 bits per heavy atom. The highest BCUT2D eigenvalue weighted by molar-refractivity contribution is 5.54. The molecule has 0 amide bonds. The third-order valence-corrected chi connectivity index (χ3v) is 1.85. The second-order valence-electron chi connectivity index (χ2n) is 2.94. The van der Waals surface area contributed by atoms with Crippen molar-refractivity contribution in [2.45, 2.75) is 12.8 Å². The van der Waals surface area contributed by atoms with Crippen LogP contribution in [-0.2, 0) is 0 Å². The number of nitrogens with one attached hydrogen (secondary N) is 1. The van der Waals surface area contributed by atoms with Crippen LogP contribution >= 0.6 is 0 Å². The minimum absolute atomic E-state index is 0.301. The van der Waals surface area contributed by atoms with E-state index in [1.807, 2.05) is 12.1 Å². The predicted molar refractivity (Wildman–Crippen MR) is 54.9 cm³/mol. The van der Waals surface area contributed by atoms with Crippen molar-refractivity contribution in [1.29, 1.82) is 0 Å². The number of aromatic hydroxyl groups is 1. The van der Waals surface area contributed by atoms with Gasteiger partial charge in [-0.3, -0.25) is 0 Å². The molecule has 0 aliphatic carbocycles. The molecule has 1 aromatic rings. The molecule has 0 unspecified atom stereocenters. The molecule has 13 heavy (non-hydrogen) atoms. The molecule has 0 heterocycles. The van der Waals surface area contributed by atoms with Gasteiger partial charge in [0.1, 0.15) is 5.75 Å². The highest BCUT2D eigenvalue weighted by Gasteiger charge is 1.96. The van der Waals surface area contributed by atoms with Crippen LogP contribution in [0.5, 0.6) is 5.75 Å². The first kappa shape index (κ1) is 9.86. The summed E-state index contributed by atoms with van der Waals surface area (Å²) in [5.74, 6) is 0.301. The van der Waals surface area contributed by atoms with Gasteiger partial charge in [-0.2, -0.15) is 0 Å². The van der Waals surface area contributed by atoms with Crippen LogP contribution in [-0.4, -0.2) is 18.2 Å². The fraction of sp³-hybridized carbons (Fsp3) is 0.400. The molecular formula is C10H16N2O. The largest absolute Gasteiger partial charge is 0.506 e. The maximum Gasteiger partial charge on any atom is 0.138 e. The van der Waals surface area contributed by atoms with Crippen LogP contribution < -0.4 is 11.1 Å². The molecule has 1 aromatic carbocycles. The Bertz CT molecular complexity index is 250. The normalized spacial score (nSPS) is 9.92. The van der Waals surface area contributed by atoms with Gasteiger partial charge in [-0.1, -0.05) is 12.1 Å². The van der Waals surface area contributed by atoms with Gasteiger partial charge in [0.05, 0.1) is 5.69 Å². The molecule has 1 rings (SSSR count). The maximum absolute atomic E-state index is 9.38. The van der Waals surface area contributed by atoms with Crippen LogP contribution in [0.3, 0.4) is 0 Å². The third kappa shape index (κ3) is 3.34. The third-order valence-electron chi connectivity index (χ3n) is 1.85. The lowest BCUT2D eigenvalue weighted by Gasteiger charge is -2.06. The Morgan fingerprint density at radius 1 is 1.23 bits per heavy atom. The monoisotopic (exact) mass is 180 g/mol. The van der Waals surface area contributed by atoms with Gasteiger partial charge in [-0.25, -0.2) is 0 Å². The van der Waals surface area contributed by atoms with Crippen molar-refractivity contribution in [3.05, 3.63) is 24.3 Å². The van der Waals surface area contributed by atoms with Gasteiger partial charge in [-0.05, 0) is 31.5 Å². The number of nitrogens with two attached hydrogens (primary N) is 1. The van der Waals surface area contributed by atoms with Crippen molar-refractivity contribution in [3.63, 3.8) is 0 Å². The van der Waals surface area contributed by atoms with E-state index in [-0.39, 0.29) is 0 Å². The van der Waals surface area contributed by atoms with Crippen LogP contribution in [0.15, 0.2) is 24.3 Å². The Balaban J connectivity index is 2.32. The summed E-state index contributed by atoms with van der Waals surface area (Å²) in [7, 11) is 0. The van der Waals surface area contributed by atoms with Gasteiger partial charge in [0.15, 0.2) is 0 Å². The molecule has 4 N–H and O–H groups in total. The summed E-state index contributed by atoms with van der Waals surface area (Å²) >= 11 is 0. The zero-order valence-electron chi connectivity index (χ0n) is 7.66. The summed E-state index contributed by atoms with van der Waals surface area (Å²) in [6.07, 6.45) is 2.05.